The molecule has 0 saturated carbocycles. The van der Waals surface area contributed by atoms with Crippen LogP contribution in [0.3, 0.4) is 0 Å². The average Bonchev–Trinajstić information content (AvgIpc) is 2.74. The van der Waals surface area contributed by atoms with Crippen LogP contribution in [0.25, 0.3) is 0 Å². The van der Waals surface area contributed by atoms with Crippen molar-refractivity contribution < 1.29 is 4.74 Å². The van der Waals surface area contributed by atoms with Crippen molar-refractivity contribution in [1.29, 1.82) is 0 Å². The maximum absolute atomic E-state index is 5.59. The largest absolute Gasteiger partial charge is 0.494 e. The number of hydrogen-bond acceptors (Lipinski definition) is 4. The first-order chi connectivity index (χ1) is 8.31. The zero-order chi connectivity index (χ0) is 12.1. The van der Waals surface area contributed by atoms with Crippen LogP contribution in [0.2, 0.25) is 0 Å². The van der Waals surface area contributed by atoms with Gasteiger partial charge in [0.05, 0.1) is 13.2 Å². The van der Waals surface area contributed by atoms with Gasteiger partial charge in [-0.2, -0.15) is 0 Å². The van der Waals surface area contributed by atoms with Crippen molar-refractivity contribution in [1.82, 2.24) is 10.2 Å². The molecule has 1 aliphatic rings. The molecule has 0 aliphatic carbocycles. The fraction of sp³-hybridized carbons (Fsp3) is 0.462. The molecular formula is C13H19N3O. The van der Waals surface area contributed by atoms with Crippen molar-refractivity contribution in [3.63, 3.8) is 0 Å². The number of rotatable bonds is 4. The normalized spacial score (nSPS) is 14.7. The standard InChI is InChI=1S/C13H19N3O/c1-3-17-12-7-5-4-6-11(12)10-15-13-14-8-9-16(13)2/h4-7H,3,8-10H2,1-2H3,(H,14,15). The second kappa shape index (κ2) is 5.57. The summed E-state index contributed by atoms with van der Waals surface area (Å²) in [6.45, 7) is 5.32. The van der Waals surface area contributed by atoms with E-state index in [9.17, 15) is 0 Å². The summed E-state index contributed by atoms with van der Waals surface area (Å²) in [4.78, 5) is 6.53. The Morgan fingerprint density at radius 3 is 2.94 bits per heavy atom. The number of guanidine groups is 1. The van der Waals surface area contributed by atoms with Crippen LogP contribution in [0.4, 0.5) is 0 Å². The van der Waals surface area contributed by atoms with E-state index < -0.39 is 0 Å². The quantitative estimate of drug-likeness (QED) is 0.855. The highest BCUT2D eigenvalue weighted by Gasteiger charge is 2.12. The number of ether oxygens (including phenoxy) is 1. The molecule has 4 heteroatoms. The van der Waals surface area contributed by atoms with Crippen molar-refractivity contribution in [2.75, 3.05) is 26.7 Å². The fourth-order valence-electron chi connectivity index (χ4n) is 1.84. The Kier molecular flexibility index (Phi) is 3.85. The molecule has 0 radical (unpaired) electrons. The van der Waals surface area contributed by atoms with Gasteiger partial charge in [-0.15, -0.1) is 0 Å². The predicted molar refractivity (Wildman–Crippen MR) is 69.4 cm³/mol. The van der Waals surface area contributed by atoms with Crippen molar-refractivity contribution in [3.8, 4) is 5.75 Å². The van der Waals surface area contributed by atoms with Gasteiger partial charge in [-0.05, 0) is 13.0 Å². The third-order valence-electron chi connectivity index (χ3n) is 2.77. The molecule has 4 nitrogen and oxygen atoms in total. The summed E-state index contributed by atoms with van der Waals surface area (Å²) in [6, 6.07) is 8.10. The number of nitrogens with zero attached hydrogens (tertiary/aromatic N) is 2. The van der Waals surface area contributed by atoms with Crippen LogP contribution >= 0.6 is 0 Å². The summed E-state index contributed by atoms with van der Waals surface area (Å²) in [5.41, 5.74) is 1.16. The molecule has 0 amide bonds. The van der Waals surface area contributed by atoms with E-state index in [1.54, 1.807) is 0 Å². The van der Waals surface area contributed by atoms with Crippen molar-refractivity contribution in [2.45, 2.75) is 13.5 Å². The Bertz CT molecular complexity index is 403. The maximum Gasteiger partial charge on any atom is 0.194 e. The van der Waals surface area contributed by atoms with E-state index in [4.69, 9.17) is 4.74 Å². The monoisotopic (exact) mass is 233 g/mol. The first-order valence-electron chi connectivity index (χ1n) is 6.01. The number of para-hydroxylation sites is 1. The lowest BCUT2D eigenvalue weighted by atomic mass is 10.2. The first-order valence-corrected chi connectivity index (χ1v) is 6.01. The van der Waals surface area contributed by atoms with Crippen molar-refractivity contribution in [3.05, 3.63) is 29.8 Å². The molecule has 92 valence electrons. The van der Waals surface area contributed by atoms with E-state index in [0.29, 0.717) is 6.61 Å². The highest BCUT2D eigenvalue weighted by Crippen LogP contribution is 2.17. The minimum absolute atomic E-state index is 0.692. The van der Waals surface area contributed by atoms with Crippen LogP contribution in [0.15, 0.2) is 29.3 Å². The summed E-state index contributed by atoms with van der Waals surface area (Å²) < 4.78 is 5.59. The number of likely N-dealkylation sites (N-methyl/N-ethyl adjacent to an activating group) is 1. The molecule has 2 rings (SSSR count). The van der Waals surface area contributed by atoms with Gasteiger partial charge in [0.25, 0.3) is 0 Å². The zero-order valence-electron chi connectivity index (χ0n) is 10.4. The topological polar surface area (TPSA) is 36.9 Å². The molecule has 1 heterocycles. The molecule has 1 N–H and O–H groups in total. The Labute approximate surface area is 102 Å². The van der Waals surface area contributed by atoms with Crippen LogP contribution in [0.5, 0.6) is 5.75 Å². The Morgan fingerprint density at radius 1 is 1.41 bits per heavy atom. The third-order valence-corrected chi connectivity index (χ3v) is 2.77. The van der Waals surface area contributed by atoms with E-state index in [1.165, 1.54) is 0 Å². The Balaban J connectivity index is 1.98. The van der Waals surface area contributed by atoms with E-state index >= 15 is 0 Å². The summed E-state index contributed by atoms with van der Waals surface area (Å²) in [5, 5.41) is 3.34. The van der Waals surface area contributed by atoms with Crippen LogP contribution in [-0.4, -0.2) is 37.6 Å². The highest BCUT2D eigenvalue weighted by molar-refractivity contribution is 5.81. The van der Waals surface area contributed by atoms with Crippen molar-refractivity contribution >= 4 is 5.96 Å². The molecular weight excluding hydrogens is 214 g/mol. The summed E-state index contributed by atoms with van der Waals surface area (Å²) >= 11 is 0. The van der Waals surface area contributed by atoms with Crippen LogP contribution in [-0.2, 0) is 6.54 Å². The first kappa shape index (κ1) is 11.8. The summed E-state index contributed by atoms with van der Waals surface area (Å²) in [5.74, 6) is 1.92. The minimum Gasteiger partial charge on any atom is -0.494 e. The molecule has 1 aliphatic heterocycles. The second-order valence-electron chi connectivity index (χ2n) is 4.02. The minimum atomic E-state index is 0.692. The number of aliphatic imine (C=N–C) groups is 1. The molecule has 0 bridgehead atoms. The maximum atomic E-state index is 5.59. The highest BCUT2D eigenvalue weighted by atomic mass is 16.5. The lowest BCUT2D eigenvalue weighted by Gasteiger charge is -2.16. The van der Waals surface area contributed by atoms with Crippen LogP contribution in [0, 0.1) is 0 Å². The Hall–Kier alpha value is -1.71. The number of hydrogen-bond donors (Lipinski definition) is 1. The van der Waals surface area contributed by atoms with E-state index in [-0.39, 0.29) is 0 Å². The number of benzene rings is 1. The molecule has 17 heavy (non-hydrogen) atoms. The van der Waals surface area contributed by atoms with Crippen LogP contribution in [0.1, 0.15) is 12.5 Å². The molecule has 0 spiro atoms. The molecule has 0 unspecified atom stereocenters. The van der Waals surface area contributed by atoms with Crippen molar-refractivity contribution in [2.24, 2.45) is 4.99 Å². The molecule has 0 aromatic heterocycles. The van der Waals surface area contributed by atoms with Gasteiger partial charge in [-0.1, -0.05) is 18.2 Å². The number of nitrogens with one attached hydrogen (secondary N) is 1. The van der Waals surface area contributed by atoms with Crippen LogP contribution < -0.4 is 10.1 Å². The smallest absolute Gasteiger partial charge is 0.194 e. The van der Waals surface area contributed by atoms with Gasteiger partial charge in [0.2, 0.25) is 0 Å². The fourth-order valence-corrected chi connectivity index (χ4v) is 1.84. The van der Waals surface area contributed by atoms with E-state index in [1.807, 2.05) is 32.2 Å². The van der Waals surface area contributed by atoms with Gasteiger partial charge in [0.15, 0.2) is 5.96 Å². The summed E-state index contributed by atoms with van der Waals surface area (Å²) in [7, 11) is 2.05. The zero-order valence-corrected chi connectivity index (χ0v) is 10.4. The molecule has 1 aromatic carbocycles. The Morgan fingerprint density at radius 2 is 2.24 bits per heavy atom. The SMILES string of the molecule is CCOc1ccccc1CNC1=NCCN1C. The molecule has 1 aromatic rings. The lowest BCUT2D eigenvalue weighted by Crippen LogP contribution is -2.35. The second-order valence-corrected chi connectivity index (χ2v) is 4.02. The van der Waals surface area contributed by atoms with Gasteiger partial charge in [-0.25, -0.2) is 0 Å². The van der Waals surface area contributed by atoms with E-state index in [0.717, 1.165) is 36.9 Å². The van der Waals surface area contributed by atoms with Gasteiger partial charge in [0.1, 0.15) is 5.75 Å². The van der Waals surface area contributed by atoms with Gasteiger partial charge in [-0.3, -0.25) is 4.99 Å². The molecule has 0 saturated heterocycles. The lowest BCUT2D eigenvalue weighted by molar-refractivity contribution is 0.336. The molecule has 0 fully saturated rings. The van der Waals surface area contributed by atoms with E-state index in [2.05, 4.69) is 21.3 Å². The average molecular weight is 233 g/mol. The summed E-state index contributed by atoms with van der Waals surface area (Å²) in [6.07, 6.45) is 0. The predicted octanol–water partition coefficient (Wildman–Crippen LogP) is 1.48. The van der Waals surface area contributed by atoms with Gasteiger partial charge in [0, 0.05) is 25.7 Å². The third kappa shape index (κ3) is 2.90. The van der Waals surface area contributed by atoms with Gasteiger partial charge >= 0.3 is 0 Å². The molecule has 0 atom stereocenters. The van der Waals surface area contributed by atoms with Gasteiger partial charge < -0.3 is 15.0 Å².